The van der Waals surface area contributed by atoms with E-state index in [-0.39, 0.29) is 0 Å². The SMILES string of the molecule is COc1ccccc1NC(=O)[C@@H](C)OC(=O)c1cccnc1SC. The van der Waals surface area contributed by atoms with Crippen molar-refractivity contribution in [2.24, 2.45) is 0 Å². The Morgan fingerprint density at radius 1 is 1.21 bits per heavy atom. The monoisotopic (exact) mass is 346 g/mol. The third-order valence-electron chi connectivity index (χ3n) is 3.20. The van der Waals surface area contributed by atoms with E-state index in [0.717, 1.165) is 0 Å². The van der Waals surface area contributed by atoms with Crippen LogP contribution in [0, 0.1) is 0 Å². The van der Waals surface area contributed by atoms with Crippen LogP contribution in [0.15, 0.2) is 47.6 Å². The molecule has 0 fully saturated rings. The number of hydrogen-bond acceptors (Lipinski definition) is 6. The number of nitrogens with zero attached hydrogens (tertiary/aromatic N) is 1. The Labute approximate surface area is 144 Å². The van der Waals surface area contributed by atoms with E-state index in [0.29, 0.717) is 22.0 Å². The molecule has 1 heterocycles. The standard InChI is InChI=1S/C17H18N2O4S/c1-11(15(20)19-13-8-4-5-9-14(13)22-2)23-17(21)12-7-6-10-18-16(12)24-3/h4-11H,1-3H3,(H,19,20)/t11-/m1/s1. The maximum Gasteiger partial charge on any atom is 0.341 e. The molecule has 0 radical (unpaired) electrons. The van der Waals surface area contributed by atoms with Crippen LogP contribution in [-0.4, -0.2) is 36.3 Å². The van der Waals surface area contributed by atoms with Crippen molar-refractivity contribution >= 4 is 29.3 Å². The van der Waals surface area contributed by atoms with E-state index < -0.39 is 18.0 Å². The van der Waals surface area contributed by atoms with Crippen molar-refractivity contribution in [2.75, 3.05) is 18.7 Å². The second-order valence-corrected chi connectivity index (χ2v) is 5.59. The third kappa shape index (κ3) is 4.26. The molecule has 0 aliphatic rings. The number of hydrogen-bond donors (Lipinski definition) is 1. The van der Waals surface area contributed by atoms with Crippen LogP contribution in [0.25, 0.3) is 0 Å². The fourth-order valence-corrected chi connectivity index (χ4v) is 2.51. The van der Waals surface area contributed by atoms with Crippen LogP contribution in [-0.2, 0) is 9.53 Å². The smallest absolute Gasteiger partial charge is 0.341 e. The predicted octanol–water partition coefficient (Wildman–Crippen LogP) is 3.00. The van der Waals surface area contributed by atoms with Gasteiger partial charge in [0.1, 0.15) is 10.8 Å². The molecule has 0 saturated carbocycles. The van der Waals surface area contributed by atoms with Crippen LogP contribution in [0.5, 0.6) is 5.75 Å². The van der Waals surface area contributed by atoms with Gasteiger partial charge in [-0.25, -0.2) is 9.78 Å². The van der Waals surface area contributed by atoms with E-state index in [2.05, 4.69) is 10.3 Å². The summed E-state index contributed by atoms with van der Waals surface area (Å²) in [5.74, 6) is -0.501. The average Bonchev–Trinajstić information content (AvgIpc) is 2.61. The van der Waals surface area contributed by atoms with Crippen molar-refractivity contribution < 1.29 is 19.1 Å². The van der Waals surface area contributed by atoms with Crippen LogP contribution in [0.3, 0.4) is 0 Å². The van der Waals surface area contributed by atoms with Crippen molar-refractivity contribution in [3.8, 4) is 5.75 Å². The number of thioether (sulfide) groups is 1. The van der Waals surface area contributed by atoms with E-state index in [1.165, 1.54) is 25.8 Å². The molecular weight excluding hydrogens is 328 g/mol. The number of amides is 1. The molecule has 2 rings (SSSR count). The molecule has 0 saturated heterocycles. The molecule has 1 atom stereocenters. The second-order valence-electron chi connectivity index (χ2n) is 4.80. The zero-order chi connectivity index (χ0) is 17.5. The van der Waals surface area contributed by atoms with Crippen molar-refractivity contribution in [1.82, 2.24) is 4.98 Å². The van der Waals surface area contributed by atoms with Crippen molar-refractivity contribution in [2.45, 2.75) is 18.1 Å². The molecule has 0 aliphatic heterocycles. The number of aromatic nitrogens is 1. The molecule has 126 valence electrons. The Morgan fingerprint density at radius 2 is 1.96 bits per heavy atom. The van der Waals surface area contributed by atoms with Gasteiger partial charge in [-0.3, -0.25) is 4.79 Å². The molecular formula is C17H18N2O4S. The van der Waals surface area contributed by atoms with Gasteiger partial charge < -0.3 is 14.8 Å². The summed E-state index contributed by atoms with van der Waals surface area (Å²) in [6.45, 7) is 1.51. The maximum atomic E-state index is 12.2. The molecule has 7 heteroatoms. The Balaban J connectivity index is 2.05. The van der Waals surface area contributed by atoms with Gasteiger partial charge in [-0.05, 0) is 37.4 Å². The molecule has 1 aromatic carbocycles. The topological polar surface area (TPSA) is 77.5 Å². The number of esters is 1. The fourth-order valence-electron chi connectivity index (χ4n) is 1.97. The molecule has 1 amide bonds. The van der Waals surface area contributed by atoms with Crippen LogP contribution >= 0.6 is 11.8 Å². The first-order valence-electron chi connectivity index (χ1n) is 7.20. The highest BCUT2D eigenvalue weighted by atomic mass is 32.2. The highest BCUT2D eigenvalue weighted by Gasteiger charge is 2.21. The number of ether oxygens (including phenoxy) is 2. The molecule has 1 N–H and O–H groups in total. The summed E-state index contributed by atoms with van der Waals surface area (Å²) in [6, 6.07) is 10.3. The first kappa shape index (κ1) is 17.8. The number of para-hydroxylation sites is 2. The Morgan fingerprint density at radius 3 is 2.67 bits per heavy atom. The van der Waals surface area contributed by atoms with E-state index in [1.54, 1.807) is 42.6 Å². The Kier molecular flexibility index (Phi) is 6.20. The van der Waals surface area contributed by atoms with Gasteiger partial charge in [0, 0.05) is 6.20 Å². The Hall–Kier alpha value is -2.54. The zero-order valence-corrected chi connectivity index (χ0v) is 14.4. The molecule has 1 aromatic heterocycles. The summed E-state index contributed by atoms with van der Waals surface area (Å²) in [7, 11) is 1.51. The number of rotatable bonds is 6. The van der Waals surface area contributed by atoms with Crippen molar-refractivity contribution in [3.05, 3.63) is 48.2 Å². The van der Waals surface area contributed by atoms with E-state index in [1.807, 2.05) is 6.26 Å². The number of anilines is 1. The van der Waals surface area contributed by atoms with Crippen LogP contribution in [0.1, 0.15) is 17.3 Å². The Bertz CT molecular complexity index is 736. The van der Waals surface area contributed by atoms with Gasteiger partial charge >= 0.3 is 5.97 Å². The zero-order valence-electron chi connectivity index (χ0n) is 13.6. The first-order chi connectivity index (χ1) is 11.6. The minimum Gasteiger partial charge on any atom is -0.495 e. The first-order valence-corrected chi connectivity index (χ1v) is 8.43. The number of carbonyl (C=O) groups is 2. The van der Waals surface area contributed by atoms with Gasteiger partial charge in [0.2, 0.25) is 0 Å². The lowest BCUT2D eigenvalue weighted by Gasteiger charge is -2.15. The minimum absolute atomic E-state index is 0.335. The molecule has 0 aliphatic carbocycles. The summed E-state index contributed by atoms with van der Waals surface area (Å²) >= 11 is 1.34. The number of pyridine rings is 1. The quantitative estimate of drug-likeness (QED) is 0.640. The summed E-state index contributed by atoms with van der Waals surface area (Å²) in [6.07, 6.45) is 2.45. The number of carbonyl (C=O) groups excluding carboxylic acids is 2. The summed E-state index contributed by atoms with van der Waals surface area (Å²) < 4.78 is 10.4. The van der Waals surface area contributed by atoms with E-state index in [4.69, 9.17) is 9.47 Å². The number of methoxy groups -OCH3 is 1. The van der Waals surface area contributed by atoms with Gasteiger partial charge in [0.15, 0.2) is 6.10 Å². The molecule has 0 unspecified atom stereocenters. The molecule has 24 heavy (non-hydrogen) atoms. The van der Waals surface area contributed by atoms with Crippen molar-refractivity contribution in [1.29, 1.82) is 0 Å². The van der Waals surface area contributed by atoms with Crippen LogP contribution < -0.4 is 10.1 Å². The fraction of sp³-hybridized carbons (Fsp3) is 0.235. The highest BCUT2D eigenvalue weighted by Crippen LogP contribution is 2.23. The molecule has 0 spiro atoms. The van der Waals surface area contributed by atoms with E-state index >= 15 is 0 Å². The predicted molar refractivity (Wildman–Crippen MR) is 92.5 cm³/mol. The van der Waals surface area contributed by atoms with Gasteiger partial charge in [-0.2, -0.15) is 0 Å². The summed E-state index contributed by atoms with van der Waals surface area (Å²) in [4.78, 5) is 28.6. The third-order valence-corrected chi connectivity index (χ3v) is 3.91. The van der Waals surface area contributed by atoms with Gasteiger partial charge in [-0.15, -0.1) is 11.8 Å². The molecule has 6 nitrogen and oxygen atoms in total. The lowest BCUT2D eigenvalue weighted by molar-refractivity contribution is -0.123. The summed E-state index contributed by atoms with van der Waals surface area (Å²) in [5, 5.41) is 3.24. The molecule has 0 bridgehead atoms. The highest BCUT2D eigenvalue weighted by molar-refractivity contribution is 7.98. The van der Waals surface area contributed by atoms with Crippen LogP contribution in [0.4, 0.5) is 5.69 Å². The normalized spacial score (nSPS) is 11.5. The minimum atomic E-state index is -0.961. The van der Waals surface area contributed by atoms with Gasteiger partial charge in [0.05, 0.1) is 18.4 Å². The van der Waals surface area contributed by atoms with Crippen LogP contribution in [0.2, 0.25) is 0 Å². The second kappa shape index (κ2) is 8.35. The number of benzene rings is 1. The maximum absolute atomic E-state index is 12.2. The summed E-state index contributed by atoms with van der Waals surface area (Å²) in [5.41, 5.74) is 0.848. The van der Waals surface area contributed by atoms with Gasteiger partial charge in [0.25, 0.3) is 5.91 Å². The lowest BCUT2D eigenvalue weighted by atomic mass is 10.2. The largest absolute Gasteiger partial charge is 0.495 e. The van der Waals surface area contributed by atoms with Gasteiger partial charge in [-0.1, -0.05) is 12.1 Å². The number of nitrogens with one attached hydrogen (secondary N) is 1. The average molecular weight is 346 g/mol. The molecule has 2 aromatic rings. The van der Waals surface area contributed by atoms with E-state index in [9.17, 15) is 9.59 Å². The lowest BCUT2D eigenvalue weighted by Crippen LogP contribution is -2.30. The van der Waals surface area contributed by atoms with Crippen molar-refractivity contribution in [3.63, 3.8) is 0 Å².